The van der Waals surface area contributed by atoms with Crippen molar-refractivity contribution in [2.24, 2.45) is 5.92 Å². The quantitative estimate of drug-likeness (QED) is 0.390. The predicted molar refractivity (Wildman–Crippen MR) is 140 cm³/mol. The Hall–Kier alpha value is -2.91. The van der Waals surface area contributed by atoms with Crippen molar-refractivity contribution in [3.63, 3.8) is 0 Å². The number of carbonyl (C=O) groups excluding carboxylic acids is 1. The third kappa shape index (κ3) is 5.95. The Morgan fingerprint density at radius 1 is 0.882 bits per heavy atom. The highest BCUT2D eigenvalue weighted by molar-refractivity contribution is 5.80. The minimum atomic E-state index is -0.0953. The molecule has 1 unspecified atom stereocenters. The SMILES string of the molecule is C[C@H](NC(=O)[C@H]1CCCCC1c1ccc(CNC(C)(C)c2ccccc2)cc1)c1ccccc1. The molecule has 1 amide bonds. The molecule has 178 valence electrons. The van der Waals surface area contributed by atoms with Crippen LogP contribution in [0, 0.1) is 5.92 Å². The van der Waals surface area contributed by atoms with E-state index in [9.17, 15) is 4.79 Å². The van der Waals surface area contributed by atoms with Crippen LogP contribution in [0.2, 0.25) is 0 Å². The number of carbonyl (C=O) groups is 1. The van der Waals surface area contributed by atoms with Gasteiger partial charge >= 0.3 is 0 Å². The standard InChI is InChI=1S/C31H38N2O/c1-23(25-12-6-4-7-13-25)33-30(34)29-17-11-10-16-28(29)26-20-18-24(19-21-26)22-32-31(2,3)27-14-8-5-9-15-27/h4-9,12-15,18-21,23,28-29,32H,10-11,16-17,22H2,1-3H3,(H,33,34)/t23-,28?,29-/m0/s1. The molecule has 0 aliphatic heterocycles. The van der Waals surface area contributed by atoms with Crippen LogP contribution in [0.15, 0.2) is 84.9 Å². The molecule has 3 atom stereocenters. The van der Waals surface area contributed by atoms with Crippen LogP contribution >= 0.6 is 0 Å². The second-order valence-electron chi connectivity index (χ2n) is 10.2. The van der Waals surface area contributed by atoms with Crippen molar-refractivity contribution in [1.82, 2.24) is 10.6 Å². The summed E-state index contributed by atoms with van der Waals surface area (Å²) in [5, 5.41) is 6.97. The zero-order chi connectivity index (χ0) is 24.0. The van der Waals surface area contributed by atoms with E-state index in [1.807, 2.05) is 18.2 Å². The van der Waals surface area contributed by atoms with Crippen LogP contribution in [0.3, 0.4) is 0 Å². The van der Waals surface area contributed by atoms with Gasteiger partial charge in [-0.3, -0.25) is 4.79 Å². The normalized spacial score (nSPS) is 19.4. The molecule has 4 rings (SSSR count). The number of nitrogens with one attached hydrogen (secondary N) is 2. The van der Waals surface area contributed by atoms with Gasteiger partial charge in [-0.1, -0.05) is 97.8 Å². The van der Waals surface area contributed by atoms with E-state index in [1.165, 1.54) is 23.1 Å². The summed E-state index contributed by atoms with van der Waals surface area (Å²) < 4.78 is 0. The molecule has 3 heteroatoms. The smallest absolute Gasteiger partial charge is 0.224 e. The number of benzene rings is 3. The summed E-state index contributed by atoms with van der Waals surface area (Å²) >= 11 is 0. The van der Waals surface area contributed by atoms with Gasteiger partial charge in [0.2, 0.25) is 5.91 Å². The second-order valence-corrected chi connectivity index (χ2v) is 10.2. The van der Waals surface area contributed by atoms with E-state index in [1.54, 1.807) is 0 Å². The van der Waals surface area contributed by atoms with Gasteiger partial charge in [0.25, 0.3) is 0 Å². The molecule has 34 heavy (non-hydrogen) atoms. The molecule has 0 heterocycles. The van der Waals surface area contributed by atoms with Crippen LogP contribution in [-0.2, 0) is 16.9 Å². The molecule has 0 bridgehead atoms. The number of hydrogen-bond acceptors (Lipinski definition) is 2. The van der Waals surface area contributed by atoms with Crippen molar-refractivity contribution in [3.05, 3.63) is 107 Å². The molecule has 0 radical (unpaired) electrons. The Bertz CT molecular complexity index is 1040. The summed E-state index contributed by atoms with van der Waals surface area (Å²) in [6.45, 7) is 7.33. The number of amides is 1. The molecule has 1 saturated carbocycles. The lowest BCUT2D eigenvalue weighted by atomic mass is 9.74. The minimum absolute atomic E-state index is 0.0256. The van der Waals surface area contributed by atoms with Crippen molar-refractivity contribution in [2.45, 2.75) is 70.5 Å². The van der Waals surface area contributed by atoms with Gasteiger partial charge in [0.15, 0.2) is 0 Å². The van der Waals surface area contributed by atoms with E-state index < -0.39 is 0 Å². The lowest BCUT2D eigenvalue weighted by Crippen LogP contribution is -2.37. The molecular formula is C31H38N2O. The van der Waals surface area contributed by atoms with E-state index in [0.29, 0.717) is 5.92 Å². The third-order valence-electron chi connectivity index (χ3n) is 7.40. The lowest BCUT2D eigenvalue weighted by Gasteiger charge is -2.32. The van der Waals surface area contributed by atoms with Crippen LogP contribution in [0.4, 0.5) is 0 Å². The van der Waals surface area contributed by atoms with Crippen molar-refractivity contribution in [3.8, 4) is 0 Å². The first-order chi connectivity index (χ1) is 16.4. The average Bonchev–Trinajstić information content (AvgIpc) is 2.89. The van der Waals surface area contributed by atoms with E-state index >= 15 is 0 Å². The fourth-order valence-electron chi connectivity index (χ4n) is 5.15. The summed E-state index contributed by atoms with van der Waals surface area (Å²) in [5.41, 5.74) is 4.90. The van der Waals surface area contributed by atoms with Gasteiger partial charge in [-0.25, -0.2) is 0 Å². The fraction of sp³-hybridized carbons (Fsp3) is 0.387. The van der Waals surface area contributed by atoms with Gasteiger partial charge in [-0.05, 0) is 61.8 Å². The van der Waals surface area contributed by atoms with Crippen molar-refractivity contribution >= 4 is 5.91 Å². The molecule has 0 aromatic heterocycles. The number of hydrogen-bond donors (Lipinski definition) is 2. The first kappa shape index (κ1) is 24.2. The summed E-state index contributed by atoms with van der Waals surface area (Å²) in [4.78, 5) is 13.3. The van der Waals surface area contributed by atoms with Crippen LogP contribution in [0.5, 0.6) is 0 Å². The predicted octanol–water partition coefficient (Wildman–Crippen LogP) is 6.86. The highest BCUT2D eigenvalue weighted by Crippen LogP contribution is 2.38. The van der Waals surface area contributed by atoms with Crippen molar-refractivity contribution < 1.29 is 4.79 Å². The van der Waals surface area contributed by atoms with Crippen molar-refractivity contribution in [2.75, 3.05) is 0 Å². The Morgan fingerprint density at radius 3 is 2.18 bits per heavy atom. The Kier molecular flexibility index (Phi) is 7.84. The fourth-order valence-corrected chi connectivity index (χ4v) is 5.15. The average molecular weight is 455 g/mol. The third-order valence-corrected chi connectivity index (χ3v) is 7.40. The molecule has 1 aliphatic carbocycles. The monoisotopic (exact) mass is 454 g/mol. The van der Waals surface area contributed by atoms with E-state index in [-0.39, 0.29) is 23.4 Å². The van der Waals surface area contributed by atoms with Gasteiger partial charge in [0.05, 0.1) is 6.04 Å². The summed E-state index contributed by atoms with van der Waals surface area (Å²) in [5.74, 6) is 0.525. The highest BCUT2D eigenvalue weighted by Gasteiger charge is 2.32. The van der Waals surface area contributed by atoms with Crippen LogP contribution in [0.1, 0.15) is 80.7 Å². The van der Waals surface area contributed by atoms with Gasteiger partial charge in [0.1, 0.15) is 0 Å². The second kappa shape index (κ2) is 11.0. The molecule has 3 aromatic rings. The van der Waals surface area contributed by atoms with Crippen LogP contribution < -0.4 is 10.6 Å². The van der Waals surface area contributed by atoms with E-state index in [4.69, 9.17) is 0 Å². The molecule has 1 aliphatic rings. The molecule has 3 aromatic carbocycles. The maximum Gasteiger partial charge on any atom is 0.224 e. The van der Waals surface area contributed by atoms with Gasteiger partial charge in [-0.15, -0.1) is 0 Å². The highest BCUT2D eigenvalue weighted by atomic mass is 16.1. The molecular weight excluding hydrogens is 416 g/mol. The van der Waals surface area contributed by atoms with E-state index in [2.05, 4.69) is 98.1 Å². The van der Waals surface area contributed by atoms with Crippen molar-refractivity contribution in [1.29, 1.82) is 0 Å². The first-order valence-corrected chi connectivity index (χ1v) is 12.7. The summed E-state index contributed by atoms with van der Waals surface area (Å²) in [6, 6.07) is 29.7. The minimum Gasteiger partial charge on any atom is -0.349 e. The first-order valence-electron chi connectivity index (χ1n) is 12.7. The van der Waals surface area contributed by atoms with Gasteiger partial charge in [-0.2, -0.15) is 0 Å². The summed E-state index contributed by atoms with van der Waals surface area (Å²) in [6.07, 6.45) is 4.37. The molecule has 0 saturated heterocycles. The molecule has 0 spiro atoms. The zero-order valence-corrected chi connectivity index (χ0v) is 20.8. The maximum atomic E-state index is 13.3. The van der Waals surface area contributed by atoms with E-state index in [0.717, 1.165) is 31.4 Å². The topological polar surface area (TPSA) is 41.1 Å². The number of rotatable bonds is 8. The van der Waals surface area contributed by atoms with Crippen LogP contribution in [0.25, 0.3) is 0 Å². The zero-order valence-electron chi connectivity index (χ0n) is 20.8. The Morgan fingerprint density at radius 2 is 1.50 bits per heavy atom. The Labute approximate surface area is 205 Å². The Balaban J connectivity index is 1.39. The molecule has 2 N–H and O–H groups in total. The van der Waals surface area contributed by atoms with Gasteiger partial charge < -0.3 is 10.6 Å². The molecule has 1 fully saturated rings. The van der Waals surface area contributed by atoms with Crippen LogP contribution in [-0.4, -0.2) is 5.91 Å². The largest absolute Gasteiger partial charge is 0.349 e. The molecule has 3 nitrogen and oxygen atoms in total. The summed E-state index contributed by atoms with van der Waals surface area (Å²) in [7, 11) is 0. The van der Waals surface area contributed by atoms with Gasteiger partial charge in [0, 0.05) is 18.0 Å². The maximum absolute atomic E-state index is 13.3. The lowest BCUT2D eigenvalue weighted by molar-refractivity contribution is -0.127.